The monoisotopic (exact) mass is 210 g/mol. The fourth-order valence-electron chi connectivity index (χ4n) is 0.864. The third-order valence-corrected chi connectivity index (χ3v) is 1.38. The topological polar surface area (TPSA) is 125 Å². The second-order valence-corrected chi connectivity index (χ2v) is 3.45. The molecule has 0 aromatic carbocycles. The SMILES string of the molecule is CC(O)(O)NCC(CO)NC(C)(O)O. The van der Waals surface area contributed by atoms with E-state index in [1.165, 1.54) is 0 Å². The van der Waals surface area contributed by atoms with Crippen LogP contribution in [0.4, 0.5) is 0 Å². The smallest absolute Gasteiger partial charge is 0.219 e. The fourth-order valence-corrected chi connectivity index (χ4v) is 0.864. The highest BCUT2D eigenvalue weighted by atomic mass is 16.5. The predicted molar refractivity (Wildman–Crippen MR) is 47.7 cm³/mol. The van der Waals surface area contributed by atoms with Crippen LogP contribution in [0, 0.1) is 0 Å². The molecule has 14 heavy (non-hydrogen) atoms. The number of hydrogen-bond acceptors (Lipinski definition) is 7. The molecule has 0 rings (SSSR count). The van der Waals surface area contributed by atoms with Gasteiger partial charge in [-0.2, -0.15) is 0 Å². The zero-order valence-corrected chi connectivity index (χ0v) is 8.23. The van der Waals surface area contributed by atoms with Gasteiger partial charge < -0.3 is 25.5 Å². The van der Waals surface area contributed by atoms with Gasteiger partial charge in [0.05, 0.1) is 6.61 Å². The first-order valence-electron chi connectivity index (χ1n) is 4.17. The molecule has 0 saturated heterocycles. The number of rotatable bonds is 6. The summed E-state index contributed by atoms with van der Waals surface area (Å²) in [5, 5.41) is 48.9. The maximum absolute atomic E-state index is 8.93. The minimum atomic E-state index is -2.11. The first-order valence-corrected chi connectivity index (χ1v) is 4.17. The van der Waals surface area contributed by atoms with Gasteiger partial charge in [-0.25, -0.2) is 0 Å². The van der Waals surface area contributed by atoms with E-state index in [0.29, 0.717) is 0 Å². The van der Waals surface area contributed by atoms with Crippen LogP contribution in [0.1, 0.15) is 13.8 Å². The van der Waals surface area contributed by atoms with E-state index in [0.717, 1.165) is 13.8 Å². The molecule has 0 aliphatic carbocycles. The summed E-state index contributed by atoms with van der Waals surface area (Å²) in [6.45, 7) is 1.79. The van der Waals surface area contributed by atoms with Gasteiger partial charge in [0.1, 0.15) is 0 Å². The summed E-state index contributed by atoms with van der Waals surface area (Å²) >= 11 is 0. The molecule has 1 unspecified atom stereocenters. The quantitative estimate of drug-likeness (QED) is 0.231. The van der Waals surface area contributed by atoms with Gasteiger partial charge in [-0.15, -0.1) is 0 Å². The van der Waals surface area contributed by atoms with Crippen molar-refractivity contribution in [2.75, 3.05) is 13.2 Å². The Morgan fingerprint density at radius 1 is 1.07 bits per heavy atom. The lowest BCUT2D eigenvalue weighted by molar-refractivity contribution is -0.187. The van der Waals surface area contributed by atoms with Gasteiger partial charge in [0.2, 0.25) is 11.8 Å². The Bertz CT molecular complexity index is 162. The molecule has 0 amide bonds. The zero-order chi connectivity index (χ0) is 11.4. The van der Waals surface area contributed by atoms with Crippen molar-refractivity contribution < 1.29 is 25.5 Å². The summed E-state index contributed by atoms with van der Waals surface area (Å²) in [5.41, 5.74) is 0. The second kappa shape index (κ2) is 4.99. The Morgan fingerprint density at radius 3 is 1.86 bits per heavy atom. The molecule has 7 heteroatoms. The molecule has 0 radical (unpaired) electrons. The van der Waals surface area contributed by atoms with Gasteiger partial charge >= 0.3 is 0 Å². The molecule has 0 heterocycles. The van der Waals surface area contributed by atoms with Gasteiger partial charge in [0.25, 0.3) is 0 Å². The molecule has 7 N–H and O–H groups in total. The van der Waals surface area contributed by atoms with Crippen LogP contribution in [0.3, 0.4) is 0 Å². The third-order valence-electron chi connectivity index (χ3n) is 1.38. The average Bonchev–Trinajstić information content (AvgIpc) is 1.94. The minimum Gasteiger partial charge on any atom is -0.395 e. The van der Waals surface area contributed by atoms with Gasteiger partial charge in [0, 0.05) is 26.4 Å². The summed E-state index contributed by atoms with van der Waals surface area (Å²) in [5.74, 6) is -4.17. The number of aliphatic hydroxyl groups excluding tert-OH is 1. The van der Waals surface area contributed by atoms with Crippen LogP contribution in [-0.4, -0.2) is 56.5 Å². The molecule has 0 aromatic rings. The van der Waals surface area contributed by atoms with Gasteiger partial charge in [-0.1, -0.05) is 0 Å². The minimum absolute atomic E-state index is 0.0310. The molecule has 0 aromatic heterocycles. The van der Waals surface area contributed by atoms with Crippen LogP contribution < -0.4 is 10.6 Å². The predicted octanol–water partition coefficient (Wildman–Crippen LogP) is -3.16. The first kappa shape index (κ1) is 13.7. The number of aliphatic hydroxyl groups is 5. The molecule has 0 aliphatic heterocycles. The summed E-state index contributed by atoms with van der Waals surface area (Å²) < 4.78 is 0. The summed E-state index contributed by atoms with van der Waals surface area (Å²) in [6, 6.07) is -0.700. The van der Waals surface area contributed by atoms with Crippen LogP contribution in [0.5, 0.6) is 0 Å². The van der Waals surface area contributed by atoms with Crippen LogP contribution in [0.15, 0.2) is 0 Å². The van der Waals surface area contributed by atoms with Crippen LogP contribution in [-0.2, 0) is 0 Å². The van der Waals surface area contributed by atoms with Crippen molar-refractivity contribution in [3.8, 4) is 0 Å². The summed E-state index contributed by atoms with van der Waals surface area (Å²) in [6.07, 6.45) is 0. The zero-order valence-electron chi connectivity index (χ0n) is 8.23. The Morgan fingerprint density at radius 2 is 1.57 bits per heavy atom. The van der Waals surface area contributed by atoms with Crippen molar-refractivity contribution >= 4 is 0 Å². The maximum atomic E-state index is 8.93. The summed E-state index contributed by atoms with van der Waals surface area (Å²) in [4.78, 5) is 0. The maximum Gasteiger partial charge on any atom is 0.219 e. The lowest BCUT2D eigenvalue weighted by Gasteiger charge is -2.27. The molecule has 0 fully saturated rings. The molecule has 0 bridgehead atoms. The Labute approximate surface area is 82.0 Å². The Hall–Kier alpha value is -0.280. The molecule has 1 atom stereocenters. The Kier molecular flexibility index (Phi) is 4.89. The molecule has 0 aliphatic rings. The van der Waals surface area contributed by atoms with E-state index in [2.05, 4.69) is 10.6 Å². The van der Waals surface area contributed by atoms with E-state index >= 15 is 0 Å². The normalized spacial score (nSPS) is 15.6. The highest BCUT2D eigenvalue weighted by Gasteiger charge is 2.22. The van der Waals surface area contributed by atoms with E-state index in [9.17, 15) is 0 Å². The van der Waals surface area contributed by atoms with E-state index in [1.54, 1.807) is 0 Å². The van der Waals surface area contributed by atoms with E-state index in [-0.39, 0.29) is 13.2 Å². The van der Waals surface area contributed by atoms with Crippen molar-refractivity contribution in [2.24, 2.45) is 0 Å². The van der Waals surface area contributed by atoms with Crippen LogP contribution in [0.2, 0.25) is 0 Å². The number of hydrogen-bond donors (Lipinski definition) is 7. The molecular formula is C7H18N2O5. The highest BCUT2D eigenvalue weighted by Crippen LogP contribution is 1.95. The third kappa shape index (κ3) is 8.32. The van der Waals surface area contributed by atoms with Crippen molar-refractivity contribution in [1.29, 1.82) is 0 Å². The molecule has 7 nitrogen and oxygen atoms in total. The standard InChI is InChI=1S/C7H18N2O5/c1-6(11,12)8-3-5(4-10)9-7(2,13)14/h5,8-14H,3-4H2,1-2H3. The van der Waals surface area contributed by atoms with Gasteiger partial charge in [0.15, 0.2) is 0 Å². The van der Waals surface area contributed by atoms with E-state index < -0.39 is 17.9 Å². The van der Waals surface area contributed by atoms with E-state index in [1.807, 2.05) is 0 Å². The molecule has 0 saturated carbocycles. The Balaban J connectivity index is 3.93. The lowest BCUT2D eigenvalue weighted by Crippen LogP contribution is -2.56. The van der Waals surface area contributed by atoms with Crippen LogP contribution in [0.25, 0.3) is 0 Å². The highest BCUT2D eigenvalue weighted by molar-refractivity contribution is 4.72. The van der Waals surface area contributed by atoms with Crippen molar-refractivity contribution in [3.63, 3.8) is 0 Å². The fraction of sp³-hybridized carbons (Fsp3) is 1.00. The summed E-state index contributed by atoms with van der Waals surface area (Å²) in [7, 11) is 0. The second-order valence-electron chi connectivity index (χ2n) is 3.45. The van der Waals surface area contributed by atoms with Crippen molar-refractivity contribution in [2.45, 2.75) is 31.7 Å². The largest absolute Gasteiger partial charge is 0.395 e. The first-order chi connectivity index (χ1) is 6.14. The molecule has 0 spiro atoms. The molecule has 86 valence electrons. The van der Waals surface area contributed by atoms with Crippen molar-refractivity contribution in [1.82, 2.24) is 10.6 Å². The van der Waals surface area contributed by atoms with Gasteiger partial charge in [-0.3, -0.25) is 10.6 Å². The lowest BCUT2D eigenvalue weighted by atomic mass is 10.3. The van der Waals surface area contributed by atoms with Crippen LogP contribution >= 0.6 is 0 Å². The van der Waals surface area contributed by atoms with Gasteiger partial charge in [-0.05, 0) is 0 Å². The van der Waals surface area contributed by atoms with Crippen molar-refractivity contribution in [3.05, 3.63) is 0 Å². The number of nitrogens with one attached hydrogen (secondary N) is 2. The van der Waals surface area contributed by atoms with E-state index in [4.69, 9.17) is 25.5 Å². The average molecular weight is 210 g/mol. The molecular weight excluding hydrogens is 192 g/mol.